The first-order valence-electron chi connectivity index (χ1n) is 18.0. The highest BCUT2D eigenvalue weighted by molar-refractivity contribution is 5.87. The van der Waals surface area contributed by atoms with Gasteiger partial charge in [0.2, 0.25) is 11.8 Å². The maximum atomic E-state index is 12.6. The summed E-state index contributed by atoms with van der Waals surface area (Å²) in [6, 6.07) is -1.39. The smallest absolute Gasteiger partial charge is 0.328 e. The summed E-state index contributed by atoms with van der Waals surface area (Å²) in [5.74, 6) is -2.43. The Balaban J connectivity index is 4.19. The predicted molar refractivity (Wildman–Crippen MR) is 190 cm³/mol. The molecule has 0 aliphatic carbocycles. The van der Waals surface area contributed by atoms with Crippen LogP contribution in [0.25, 0.3) is 0 Å². The topological polar surface area (TPSA) is 142 Å². The van der Waals surface area contributed by atoms with Crippen LogP contribution in [0.4, 0.5) is 0 Å². The number of hydrogen-bond acceptors (Lipinski definition) is 6. The van der Waals surface area contributed by atoms with Crippen LogP contribution in [0.1, 0.15) is 142 Å². The molecule has 2 amide bonds. The van der Waals surface area contributed by atoms with Gasteiger partial charge in [0.05, 0.1) is 13.2 Å². The second kappa shape index (κ2) is 32.7. The molecule has 0 aromatic carbocycles. The monoisotopic (exact) mass is 660 g/mol. The van der Waals surface area contributed by atoms with Crippen molar-refractivity contribution in [1.29, 1.82) is 0 Å². The predicted octanol–water partition coefficient (Wildman–Crippen LogP) is 7.64. The number of nitrogens with one attached hydrogen (secondary N) is 2. The Morgan fingerprint density at radius 3 is 1.96 bits per heavy atom. The van der Waals surface area contributed by atoms with Gasteiger partial charge in [0.15, 0.2) is 0 Å². The molecule has 4 N–H and O–H groups in total. The van der Waals surface area contributed by atoms with Gasteiger partial charge in [-0.25, -0.2) is 4.79 Å². The molecule has 0 aromatic rings. The third-order valence-corrected chi connectivity index (χ3v) is 7.54. The van der Waals surface area contributed by atoms with Gasteiger partial charge in [0.25, 0.3) is 0 Å². The number of amides is 2. The van der Waals surface area contributed by atoms with Crippen LogP contribution in [-0.2, 0) is 23.9 Å². The minimum atomic E-state index is -1.39. The molecule has 0 bridgehead atoms. The summed E-state index contributed by atoms with van der Waals surface area (Å²) in [7, 11) is 0. The fraction of sp³-hybridized carbons (Fsp3) is 0.684. The molecule has 2 unspecified atom stereocenters. The van der Waals surface area contributed by atoms with E-state index in [4.69, 9.17) is 14.9 Å². The summed E-state index contributed by atoms with van der Waals surface area (Å²) >= 11 is 0. The maximum Gasteiger partial charge on any atom is 0.328 e. The quantitative estimate of drug-likeness (QED) is 0.0340. The molecule has 0 rings (SSSR count). The SMILES string of the molecule is CC/C=C\C/C=C\C/C=C\CCCCCCCC(=O)OC(/C=C\CCCCC)CCCCCCC(=O)NCC(=O)NC(CO)C(=O)O. The molecule has 0 fully saturated rings. The number of hydrogen-bond donors (Lipinski definition) is 4. The van der Waals surface area contributed by atoms with E-state index in [9.17, 15) is 19.2 Å². The third kappa shape index (κ3) is 29.9. The lowest BCUT2D eigenvalue weighted by molar-refractivity contribution is -0.147. The van der Waals surface area contributed by atoms with Crippen molar-refractivity contribution < 1.29 is 34.1 Å². The van der Waals surface area contributed by atoms with Crippen molar-refractivity contribution in [3.63, 3.8) is 0 Å². The average molecular weight is 661 g/mol. The summed E-state index contributed by atoms with van der Waals surface area (Å²) in [5.41, 5.74) is 0. The Morgan fingerprint density at radius 1 is 0.681 bits per heavy atom. The zero-order chi connectivity index (χ0) is 34.8. The molecule has 0 aliphatic heterocycles. The third-order valence-electron chi connectivity index (χ3n) is 7.54. The normalized spacial score (nSPS) is 13.1. The van der Waals surface area contributed by atoms with Crippen LogP contribution < -0.4 is 10.6 Å². The first kappa shape index (κ1) is 43.8. The lowest BCUT2D eigenvalue weighted by Crippen LogP contribution is -2.47. The fourth-order valence-electron chi connectivity index (χ4n) is 4.75. The number of carboxylic acids is 1. The molecule has 0 aliphatic rings. The van der Waals surface area contributed by atoms with E-state index < -0.39 is 24.5 Å². The molecule has 0 spiro atoms. The number of allylic oxidation sites excluding steroid dienone is 7. The van der Waals surface area contributed by atoms with Crippen LogP contribution in [0.3, 0.4) is 0 Å². The summed E-state index contributed by atoms with van der Waals surface area (Å²) in [5, 5.41) is 22.4. The van der Waals surface area contributed by atoms with Crippen LogP contribution >= 0.6 is 0 Å². The number of aliphatic carboxylic acids is 1. The van der Waals surface area contributed by atoms with Crippen molar-refractivity contribution in [2.45, 2.75) is 154 Å². The van der Waals surface area contributed by atoms with Crippen LogP contribution in [0.15, 0.2) is 48.6 Å². The number of ether oxygens (including phenoxy) is 1. The average Bonchev–Trinajstić information content (AvgIpc) is 3.05. The van der Waals surface area contributed by atoms with Crippen molar-refractivity contribution in [3.05, 3.63) is 48.6 Å². The highest BCUT2D eigenvalue weighted by Crippen LogP contribution is 2.14. The minimum Gasteiger partial charge on any atom is -0.480 e. The zero-order valence-corrected chi connectivity index (χ0v) is 29.3. The van der Waals surface area contributed by atoms with Crippen molar-refractivity contribution >= 4 is 23.8 Å². The highest BCUT2D eigenvalue weighted by atomic mass is 16.5. The Bertz CT molecular complexity index is 942. The van der Waals surface area contributed by atoms with Crippen LogP contribution in [0.5, 0.6) is 0 Å². The fourth-order valence-corrected chi connectivity index (χ4v) is 4.75. The van der Waals surface area contributed by atoms with Crippen molar-refractivity contribution in [3.8, 4) is 0 Å². The molecule has 2 atom stereocenters. The van der Waals surface area contributed by atoms with Gasteiger partial charge < -0.3 is 25.6 Å². The summed E-state index contributed by atoms with van der Waals surface area (Å²) in [6.45, 7) is 3.26. The number of carbonyl (C=O) groups is 4. The van der Waals surface area contributed by atoms with E-state index in [0.29, 0.717) is 12.8 Å². The Morgan fingerprint density at radius 2 is 1.28 bits per heavy atom. The van der Waals surface area contributed by atoms with Crippen LogP contribution in [0, 0.1) is 0 Å². The molecular formula is C38H64N2O7. The standard InChI is InChI=1S/C38H64N2O7/c1-3-5-7-9-10-11-12-13-14-15-16-17-18-20-26-30-37(44)47-33(27-23-19-8-6-4-2)28-24-21-22-25-29-35(42)39-31-36(43)40-34(32-41)38(45)46/h5,7,10-11,13-14,23,27,33-34,41H,3-4,6,8-9,12,15-22,24-26,28-32H2,1-2H3,(H,39,42)(H,40,43)(H,45,46)/b7-5-,11-10-,14-13-,27-23-. The number of rotatable bonds is 31. The molecule has 0 aromatic heterocycles. The maximum absolute atomic E-state index is 12.6. The van der Waals surface area contributed by atoms with Crippen molar-refractivity contribution in [2.24, 2.45) is 0 Å². The molecule has 0 heterocycles. The van der Waals surface area contributed by atoms with E-state index in [2.05, 4.69) is 67.0 Å². The molecule has 0 radical (unpaired) electrons. The Hall–Kier alpha value is -3.20. The minimum absolute atomic E-state index is 0.135. The Kier molecular flexibility index (Phi) is 30.5. The first-order chi connectivity index (χ1) is 22.8. The van der Waals surface area contributed by atoms with Gasteiger partial charge in [-0.1, -0.05) is 101 Å². The van der Waals surface area contributed by atoms with E-state index in [1.807, 2.05) is 6.08 Å². The van der Waals surface area contributed by atoms with Gasteiger partial charge in [-0.05, 0) is 76.7 Å². The van der Waals surface area contributed by atoms with Crippen LogP contribution in [0.2, 0.25) is 0 Å². The number of carboxylic acid groups (broad SMARTS) is 1. The number of carbonyl (C=O) groups excluding carboxylic acids is 3. The molecule has 9 nitrogen and oxygen atoms in total. The second-order valence-corrected chi connectivity index (χ2v) is 11.9. The van der Waals surface area contributed by atoms with Gasteiger partial charge in [-0.2, -0.15) is 0 Å². The molecule has 0 saturated carbocycles. The van der Waals surface area contributed by atoms with E-state index in [0.717, 1.165) is 89.9 Å². The summed E-state index contributed by atoms with van der Waals surface area (Å²) in [4.78, 5) is 47.2. The zero-order valence-electron chi connectivity index (χ0n) is 29.3. The van der Waals surface area contributed by atoms with Gasteiger partial charge in [0, 0.05) is 12.8 Å². The summed E-state index contributed by atoms with van der Waals surface area (Å²) < 4.78 is 5.83. The molecular weight excluding hydrogens is 596 g/mol. The largest absolute Gasteiger partial charge is 0.480 e. The Labute approximate surface area is 284 Å². The van der Waals surface area contributed by atoms with Gasteiger partial charge in [-0.15, -0.1) is 0 Å². The molecule has 268 valence electrons. The molecule has 47 heavy (non-hydrogen) atoms. The van der Waals surface area contributed by atoms with Gasteiger partial charge >= 0.3 is 11.9 Å². The van der Waals surface area contributed by atoms with Gasteiger partial charge in [0.1, 0.15) is 12.1 Å². The number of unbranched alkanes of at least 4 members (excludes halogenated alkanes) is 11. The number of esters is 1. The van der Waals surface area contributed by atoms with E-state index in [1.165, 1.54) is 19.3 Å². The molecule has 0 saturated heterocycles. The van der Waals surface area contributed by atoms with E-state index >= 15 is 0 Å². The molecule has 9 heteroatoms. The first-order valence-corrected chi connectivity index (χ1v) is 18.0. The number of aliphatic hydroxyl groups excluding tert-OH is 1. The highest BCUT2D eigenvalue weighted by Gasteiger charge is 2.18. The van der Waals surface area contributed by atoms with Crippen LogP contribution in [-0.4, -0.2) is 59.3 Å². The van der Waals surface area contributed by atoms with Crippen molar-refractivity contribution in [1.82, 2.24) is 10.6 Å². The van der Waals surface area contributed by atoms with Gasteiger partial charge in [-0.3, -0.25) is 14.4 Å². The second-order valence-electron chi connectivity index (χ2n) is 11.9. The lowest BCUT2D eigenvalue weighted by atomic mass is 10.1. The number of aliphatic hydroxyl groups is 1. The van der Waals surface area contributed by atoms with Crippen molar-refractivity contribution in [2.75, 3.05) is 13.2 Å². The lowest BCUT2D eigenvalue weighted by Gasteiger charge is -2.15. The van der Waals surface area contributed by atoms with E-state index in [1.54, 1.807) is 0 Å². The summed E-state index contributed by atoms with van der Waals surface area (Å²) in [6.07, 6.45) is 36.0. The van der Waals surface area contributed by atoms with E-state index in [-0.39, 0.29) is 30.9 Å².